The molecule has 1 heterocycles. The highest BCUT2D eigenvalue weighted by molar-refractivity contribution is 7.98. The molecule has 0 saturated carbocycles. The molecule has 14 heteroatoms. The molecular formula is C36H43N7O6S. The second-order valence-corrected chi connectivity index (χ2v) is 12.9. The van der Waals surface area contributed by atoms with Crippen LogP contribution in [0.3, 0.4) is 0 Å². The Bertz CT molecular complexity index is 1770. The van der Waals surface area contributed by atoms with Crippen LogP contribution in [0, 0.1) is 0 Å². The van der Waals surface area contributed by atoms with Crippen molar-refractivity contribution < 1.29 is 29.1 Å². The van der Waals surface area contributed by atoms with Gasteiger partial charge in [-0.25, -0.2) is 0 Å². The van der Waals surface area contributed by atoms with Crippen molar-refractivity contribution in [3.8, 4) is 5.75 Å². The molecule has 0 aliphatic heterocycles. The minimum absolute atomic E-state index is 0.0827. The molecule has 0 fully saturated rings. The SMILES string of the molecule is CSCC[C@H](NC(=O)[C@H](Cc1ccccc1)NC(=O)CNC(=O)[C@@H](Cc1c[nH]c2ccccc12)NC(=O)[C@@H](N)Cc1ccc(O)cc1)C(N)=O. The minimum Gasteiger partial charge on any atom is -0.508 e. The quantitative estimate of drug-likeness (QED) is 0.0747. The number of amides is 5. The van der Waals surface area contributed by atoms with Crippen LogP contribution < -0.4 is 32.7 Å². The number of aromatic nitrogens is 1. The van der Waals surface area contributed by atoms with Crippen LogP contribution in [-0.2, 0) is 43.2 Å². The van der Waals surface area contributed by atoms with Gasteiger partial charge in [-0.3, -0.25) is 24.0 Å². The molecule has 0 unspecified atom stereocenters. The number of primary amides is 1. The largest absolute Gasteiger partial charge is 0.508 e. The first kappa shape index (κ1) is 37.5. The summed E-state index contributed by atoms with van der Waals surface area (Å²) in [4.78, 5) is 68.5. The van der Waals surface area contributed by atoms with Gasteiger partial charge in [0.2, 0.25) is 29.5 Å². The molecule has 264 valence electrons. The summed E-state index contributed by atoms with van der Waals surface area (Å²) < 4.78 is 0. The maximum Gasteiger partial charge on any atom is 0.243 e. The first-order valence-electron chi connectivity index (χ1n) is 16.1. The number of para-hydroxylation sites is 1. The van der Waals surface area contributed by atoms with E-state index in [2.05, 4.69) is 26.3 Å². The molecule has 50 heavy (non-hydrogen) atoms. The van der Waals surface area contributed by atoms with Gasteiger partial charge < -0.3 is 42.8 Å². The van der Waals surface area contributed by atoms with E-state index in [0.717, 1.165) is 27.6 Å². The number of hydrogen-bond acceptors (Lipinski definition) is 8. The third-order valence-electron chi connectivity index (χ3n) is 8.09. The van der Waals surface area contributed by atoms with Gasteiger partial charge in [0.05, 0.1) is 12.6 Å². The Morgan fingerprint density at radius 1 is 0.760 bits per heavy atom. The maximum atomic E-state index is 13.6. The number of H-pyrrole nitrogens is 1. The number of benzene rings is 3. The Morgan fingerprint density at radius 2 is 1.40 bits per heavy atom. The number of nitrogens with two attached hydrogens (primary N) is 2. The Hall–Kier alpha value is -5.34. The molecule has 0 radical (unpaired) electrons. The lowest BCUT2D eigenvalue weighted by Gasteiger charge is -2.23. The van der Waals surface area contributed by atoms with Gasteiger partial charge in [0, 0.05) is 29.9 Å². The summed E-state index contributed by atoms with van der Waals surface area (Å²) >= 11 is 1.50. The van der Waals surface area contributed by atoms with Crippen molar-refractivity contribution in [2.45, 2.75) is 49.9 Å². The van der Waals surface area contributed by atoms with Crippen molar-refractivity contribution in [2.24, 2.45) is 11.5 Å². The van der Waals surface area contributed by atoms with Gasteiger partial charge in [-0.1, -0.05) is 60.7 Å². The third kappa shape index (κ3) is 11.1. The molecule has 5 amide bonds. The lowest BCUT2D eigenvalue weighted by Crippen LogP contribution is -2.56. The Balaban J connectivity index is 1.45. The number of aromatic hydroxyl groups is 1. The fraction of sp³-hybridized carbons (Fsp3) is 0.306. The highest BCUT2D eigenvalue weighted by Gasteiger charge is 2.28. The van der Waals surface area contributed by atoms with Gasteiger partial charge in [-0.2, -0.15) is 11.8 Å². The first-order valence-corrected chi connectivity index (χ1v) is 17.5. The first-order chi connectivity index (χ1) is 24.0. The number of fused-ring (bicyclic) bond motifs is 1. The number of nitrogens with one attached hydrogen (secondary N) is 5. The van der Waals surface area contributed by atoms with E-state index < -0.39 is 60.2 Å². The molecule has 0 saturated heterocycles. The number of aromatic amines is 1. The number of carbonyl (C=O) groups is 5. The van der Waals surface area contributed by atoms with E-state index >= 15 is 0 Å². The molecule has 0 aliphatic carbocycles. The van der Waals surface area contributed by atoms with Gasteiger partial charge in [-0.15, -0.1) is 0 Å². The van der Waals surface area contributed by atoms with E-state index in [1.165, 1.54) is 23.9 Å². The number of thioether (sulfide) groups is 1. The fourth-order valence-electron chi connectivity index (χ4n) is 5.38. The van der Waals surface area contributed by atoms with Crippen LogP contribution in [0.15, 0.2) is 85.1 Å². The molecule has 4 aromatic rings. The van der Waals surface area contributed by atoms with E-state index in [4.69, 9.17) is 11.5 Å². The van der Waals surface area contributed by atoms with Crippen molar-refractivity contribution >= 4 is 52.2 Å². The average molecular weight is 702 g/mol. The predicted molar refractivity (Wildman–Crippen MR) is 193 cm³/mol. The molecule has 3 aromatic carbocycles. The van der Waals surface area contributed by atoms with E-state index in [0.29, 0.717) is 12.2 Å². The minimum atomic E-state index is -1.10. The van der Waals surface area contributed by atoms with Crippen molar-refractivity contribution in [1.82, 2.24) is 26.3 Å². The predicted octanol–water partition coefficient (Wildman–Crippen LogP) is 1.04. The number of phenolic OH excluding ortho intramolecular Hbond substituents is 1. The van der Waals surface area contributed by atoms with Crippen molar-refractivity contribution in [3.63, 3.8) is 0 Å². The van der Waals surface area contributed by atoms with Crippen LogP contribution in [-0.4, -0.2) is 82.3 Å². The monoisotopic (exact) mass is 701 g/mol. The zero-order valence-electron chi connectivity index (χ0n) is 27.7. The molecule has 0 spiro atoms. The van der Waals surface area contributed by atoms with Crippen LogP contribution >= 0.6 is 11.8 Å². The summed E-state index contributed by atoms with van der Waals surface area (Å²) in [7, 11) is 0. The molecule has 0 bridgehead atoms. The number of hydrogen-bond donors (Lipinski definition) is 8. The summed E-state index contributed by atoms with van der Waals surface area (Å²) in [6.45, 7) is -0.497. The van der Waals surface area contributed by atoms with Gasteiger partial charge in [0.1, 0.15) is 23.9 Å². The lowest BCUT2D eigenvalue weighted by molar-refractivity contribution is -0.132. The Morgan fingerprint density at radius 3 is 2.10 bits per heavy atom. The number of rotatable bonds is 18. The van der Waals surface area contributed by atoms with E-state index in [9.17, 15) is 29.1 Å². The topological polar surface area (TPSA) is 222 Å². The second kappa shape index (κ2) is 18.4. The van der Waals surface area contributed by atoms with Gasteiger partial charge in [-0.05, 0) is 59.7 Å². The van der Waals surface area contributed by atoms with Crippen LogP contribution in [0.4, 0.5) is 0 Å². The van der Waals surface area contributed by atoms with E-state index in [-0.39, 0.29) is 25.0 Å². The van der Waals surface area contributed by atoms with Crippen LogP contribution in [0.5, 0.6) is 5.75 Å². The molecule has 0 aliphatic rings. The fourth-order valence-corrected chi connectivity index (χ4v) is 5.85. The molecule has 4 atom stereocenters. The normalized spacial score (nSPS) is 13.4. The highest BCUT2D eigenvalue weighted by atomic mass is 32.2. The number of phenols is 1. The molecular weight excluding hydrogens is 659 g/mol. The van der Waals surface area contributed by atoms with Crippen LogP contribution in [0.2, 0.25) is 0 Å². The van der Waals surface area contributed by atoms with Crippen LogP contribution in [0.1, 0.15) is 23.1 Å². The summed E-state index contributed by atoms with van der Waals surface area (Å²) in [5.74, 6) is -2.47. The maximum absolute atomic E-state index is 13.6. The second-order valence-electron chi connectivity index (χ2n) is 11.9. The summed E-state index contributed by atoms with van der Waals surface area (Å²) in [5, 5.41) is 21.1. The summed E-state index contributed by atoms with van der Waals surface area (Å²) in [6, 6.07) is 18.8. The lowest BCUT2D eigenvalue weighted by atomic mass is 10.0. The highest BCUT2D eigenvalue weighted by Crippen LogP contribution is 2.19. The zero-order valence-corrected chi connectivity index (χ0v) is 28.5. The Kier molecular flexibility index (Phi) is 13.8. The molecule has 13 nitrogen and oxygen atoms in total. The smallest absolute Gasteiger partial charge is 0.243 e. The van der Waals surface area contributed by atoms with Crippen LogP contribution in [0.25, 0.3) is 10.9 Å². The molecule has 10 N–H and O–H groups in total. The van der Waals surface area contributed by atoms with E-state index in [1.807, 2.05) is 36.6 Å². The van der Waals surface area contributed by atoms with Crippen molar-refractivity contribution in [3.05, 3.63) is 102 Å². The Labute approximate surface area is 294 Å². The average Bonchev–Trinajstić information content (AvgIpc) is 3.52. The summed E-state index contributed by atoms with van der Waals surface area (Å²) in [6.07, 6.45) is 4.33. The van der Waals surface area contributed by atoms with Crippen molar-refractivity contribution in [1.29, 1.82) is 0 Å². The molecule has 1 aromatic heterocycles. The number of carbonyl (C=O) groups excluding carboxylic acids is 5. The van der Waals surface area contributed by atoms with E-state index in [1.54, 1.807) is 42.6 Å². The zero-order chi connectivity index (χ0) is 36.0. The van der Waals surface area contributed by atoms with Gasteiger partial charge >= 0.3 is 0 Å². The van der Waals surface area contributed by atoms with Gasteiger partial charge in [0.15, 0.2) is 0 Å². The standard InChI is InChI=1S/C36H43N7O6S/c1-50-16-15-29(33(38)46)42-36(49)30(18-22-7-3-2-4-8-22)41-32(45)21-40-35(48)31(19-24-20-39-28-10-6-5-9-26(24)28)43-34(47)27(37)17-23-11-13-25(44)14-12-23/h2-14,20,27,29-31,39,44H,15-19,21,37H2,1H3,(H2,38,46)(H,40,48)(H,41,45)(H,42,49)(H,43,47)/t27-,29-,30-,31+/m0/s1. The third-order valence-corrected chi connectivity index (χ3v) is 8.73. The summed E-state index contributed by atoms with van der Waals surface area (Å²) in [5.41, 5.74) is 14.8. The molecule has 4 rings (SSSR count). The van der Waals surface area contributed by atoms with Crippen molar-refractivity contribution in [2.75, 3.05) is 18.6 Å². The van der Waals surface area contributed by atoms with Gasteiger partial charge in [0.25, 0.3) is 0 Å².